The Bertz CT molecular complexity index is 2090. The van der Waals surface area contributed by atoms with Gasteiger partial charge in [-0.3, -0.25) is 9.78 Å². The second kappa shape index (κ2) is 14.9. The molecule has 6 heteroatoms. The van der Waals surface area contributed by atoms with Crippen molar-refractivity contribution < 1.29 is 30.0 Å². The number of carbonyl (C=O) groups excluding carboxylic acids is 1. The molecular weight excluding hydrogens is 807 g/mol. The normalized spacial score (nSPS) is 12.7. The summed E-state index contributed by atoms with van der Waals surface area (Å²) in [6.07, 6.45) is 6.69. The molecule has 0 aliphatic heterocycles. The van der Waals surface area contributed by atoms with Gasteiger partial charge in [-0.25, -0.2) is 0 Å². The van der Waals surface area contributed by atoms with E-state index in [1.807, 2.05) is 59.1 Å². The zero-order chi connectivity index (χ0) is 34.1. The third-order valence-electron chi connectivity index (χ3n) is 10.4. The van der Waals surface area contributed by atoms with Crippen molar-refractivity contribution in [2.45, 2.75) is 93.4 Å². The summed E-state index contributed by atoms with van der Waals surface area (Å²) < 4.78 is 3.95. The molecule has 0 aliphatic carbocycles. The number of thiophene rings is 2. The zero-order valence-corrected chi connectivity index (χ0v) is 33.7. The third-order valence-corrected chi connectivity index (χ3v) is 12.4. The van der Waals surface area contributed by atoms with E-state index in [1.165, 1.54) is 47.3 Å². The number of rotatable bonds is 8. The van der Waals surface area contributed by atoms with Gasteiger partial charge in [-0.05, 0) is 76.9 Å². The first-order valence-corrected chi connectivity index (χ1v) is 18.6. The Balaban J connectivity index is 0.000000251. The summed E-state index contributed by atoms with van der Waals surface area (Å²) in [5, 5.41) is 18.6. The molecule has 6 rings (SSSR count). The maximum atomic E-state index is 12.2. The van der Waals surface area contributed by atoms with Crippen LogP contribution < -0.4 is 0 Å². The van der Waals surface area contributed by atoms with E-state index in [0.29, 0.717) is 0 Å². The molecule has 0 amide bonds. The average molecular weight is 855 g/mol. The number of aromatic nitrogens is 1. The van der Waals surface area contributed by atoms with Crippen LogP contribution in [0.4, 0.5) is 0 Å². The molecule has 0 unspecified atom stereocenters. The number of hydrogen-bond donors (Lipinski definition) is 1. The van der Waals surface area contributed by atoms with E-state index in [0.717, 1.165) is 42.3 Å². The molecule has 48 heavy (non-hydrogen) atoms. The summed E-state index contributed by atoms with van der Waals surface area (Å²) in [5.74, 6) is 0.286. The summed E-state index contributed by atoms with van der Waals surface area (Å²) in [7, 11) is 0. The first kappa shape index (κ1) is 37.9. The van der Waals surface area contributed by atoms with Gasteiger partial charge in [-0.1, -0.05) is 91.5 Å². The Labute approximate surface area is 307 Å². The summed E-state index contributed by atoms with van der Waals surface area (Å²) in [6, 6.07) is 23.6. The first-order valence-electron chi connectivity index (χ1n) is 16.9. The molecule has 1 radical (unpaired) electrons. The number of hydrogen-bond acceptors (Lipinski definition) is 5. The summed E-state index contributed by atoms with van der Waals surface area (Å²) in [5.41, 5.74) is 2.88. The topological polar surface area (TPSA) is 50.2 Å². The fraction of sp³-hybridized carbons (Fsp3) is 0.381. The Morgan fingerprint density at radius 2 is 1.50 bits per heavy atom. The molecule has 0 bridgehead atoms. The predicted octanol–water partition coefficient (Wildman–Crippen LogP) is 13.2. The van der Waals surface area contributed by atoms with Crippen LogP contribution in [0.25, 0.3) is 52.3 Å². The van der Waals surface area contributed by atoms with Crippen molar-refractivity contribution in [3.05, 3.63) is 89.6 Å². The maximum Gasteiger partial charge on any atom is 0.164 e. The van der Waals surface area contributed by atoms with Crippen LogP contribution in [0.3, 0.4) is 0 Å². The van der Waals surface area contributed by atoms with E-state index < -0.39 is 0 Å². The van der Waals surface area contributed by atoms with Gasteiger partial charge in [0.1, 0.15) is 5.76 Å². The number of fused-ring (bicyclic) bond motifs is 5. The van der Waals surface area contributed by atoms with Crippen LogP contribution in [0.1, 0.15) is 93.6 Å². The van der Waals surface area contributed by atoms with E-state index in [-0.39, 0.29) is 47.9 Å². The van der Waals surface area contributed by atoms with Crippen molar-refractivity contribution >= 4 is 69.5 Å². The molecule has 0 fully saturated rings. The van der Waals surface area contributed by atoms with Crippen LogP contribution in [0.5, 0.6) is 0 Å². The largest absolute Gasteiger partial charge is 0.512 e. The zero-order valence-electron chi connectivity index (χ0n) is 29.7. The van der Waals surface area contributed by atoms with Gasteiger partial charge in [0.05, 0.1) is 0 Å². The molecule has 0 saturated heterocycles. The fourth-order valence-corrected chi connectivity index (χ4v) is 8.05. The van der Waals surface area contributed by atoms with Gasteiger partial charge in [0.2, 0.25) is 0 Å². The molecule has 0 atom stereocenters. The van der Waals surface area contributed by atoms with Gasteiger partial charge in [-0.15, -0.1) is 51.8 Å². The maximum absolute atomic E-state index is 12.2. The van der Waals surface area contributed by atoms with E-state index in [1.54, 1.807) is 11.3 Å². The van der Waals surface area contributed by atoms with Crippen molar-refractivity contribution in [2.75, 3.05) is 0 Å². The van der Waals surface area contributed by atoms with Gasteiger partial charge < -0.3 is 5.11 Å². The molecule has 3 aromatic carbocycles. The van der Waals surface area contributed by atoms with E-state index in [9.17, 15) is 9.90 Å². The monoisotopic (exact) mass is 855 g/mol. The second-order valence-electron chi connectivity index (χ2n) is 14.3. The van der Waals surface area contributed by atoms with Crippen molar-refractivity contribution in [1.29, 1.82) is 0 Å². The number of carbonyl (C=O) groups is 1. The van der Waals surface area contributed by atoms with Crippen LogP contribution in [0.2, 0.25) is 0 Å². The summed E-state index contributed by atoms with van der Waals surface area (Å²) in [6.45, 7) is 18.9. The molecule has 6 aromatic rings. The second-order valence-corrected chi connectivity index (χ2v) is 16.3. The number of aliphatic hydroxyl groups is 1. The van der Waals surface area contributed by atoms with Gasteiger partial charge in [0, 0.05) is 63.0 Å². The molecule has 3 aromatic heterocycles. The Morgan fingerprint density at radius 1 is 0.833 bits per heavy atom. The van der Waals surface area contributed by atoms with Crippen molar-refractivity contribution in [2.24, 2.45) is 10.8 Å². The Morgan fingerprint density at radius 3 is 2.15 bits per heavy atom. The van der Waals surface area contributed by atoms with Crippen molar-refractivity contribution in [3.63, 3.8) is 0 Å². The van der Waals surface area contributed by atoms with Crippen molar-refractivity contribution in [3.8, 4) is 11.3 Å². The predicted molar refractivity (Wildman–Crippen MR) is 206 cm³/mol. The smallest absolute Gasteiger partial charge is 0.164 e. The van der Waals surface area contributed by atoms with Gasteiger partial charge in [0.15, 0.2) is 5.78 Å². The van der Waals surface area contributed by atoms with E-state index in [4.69, 9.17) is 4.98 Å². The molecule has 0 spiro atoms. The first-order chi connectivity index (χ1) is 22.3. The van der Waals surface area contributed by atoms with Crippen LogP contribution in [0.15, 0.2) is 78.0 Å². The molecular formula is C42H48IrNO2S2-. The molecule has 3 heterocycles. The van der Waals surface area contributed by atoms with Crippen LogP contribution in [0, 0.1) is 16.9 Å². The minimum atomic E-state index is -0.337. The van der Waals surface area contributed by atoms with E-state index >= 15 is 0 Å². The molecule has 0 aliphatic rings. The van der Waals surface area contributed by atoms with Gasteiger partial charge in [0.25, 0.3) is 0 Å². The summed E-state index contributed by atoms with van der Waals surface area (Å²) >= 11 is 3.66. The number of nitrogens with zero attached hydrogens (tertiary/aromatic N) is 1. The number of pyridine rings is 1. The number of ketones is 1. The minimum Gasteiger partial charge on any atom is -0.512 e. The van der Waals surface area contributed by atoms with Gasteiger partial charge >= 0.3 is 0 Å². The number of benzene rings is 3. The number of allylic oxidation sites excluding steroid dienone is 2. The fourth-order valence-electron chi connectivity index (χ4n) is 6.04. The molecule has 3 nitrogen and oxygen atoms in total. The van der Waals surface area contributed by atoms with E-state index in [2.05, 4.69) is 86.8 Å². The average Bonchev–Trinajstić information content (AvgIpc) is 3.69. The molecule has 1 N–H and O–H groups in total. The van der Waals surface area contributed by atoms with Crippen molar-refractivity contribution in [1.82, 2.24) is 4.98 Å². The standard InChI is InChI=1S/C27H20NS2.C15H28O2.Ir/c1-27(2,3)21-14-18(12-16-6-4-5-7-19(16)21)26-25-20-13-17-9-11-29-23(17)15-24(20)30-22(25)8-10-28-26;1-7-14(5,8-2)12(16)11-13(17)15(6,9-3)10-4;/h4-11,13-15H,1-3H3;11,16H,7-10H2,1-6H3;/q-1;;/b;12-11-;. The summed E-state index contributed by atoms with van der Waals surface area (Å²) in [4.78, 5) is 17.1. The van der Waals surface area contributed by atoms with Crippen LogP contribution in [-0.2, 0) is 30.3 Å². The van der Waals surface area contributed by atoms with Crippen LogP contribution >= 0.6 is 22.7 Å². The SMILES string of the molecule is CC(C)(C)c1cc(-c2nccc3sc4cc5sccc5cc4c23)[c-]c2ccccc12.CCC(C)(CC)C(=O)/C=C(\O)C(C)(CC)CC.[Ir]. The third kappa shape index (κ3) is 7.33. The van der Waals surface area contributed by atoms with Gasteiger partial charge in [-0.2, -0.15) is 0 Å². The Hall–Kier alpha value is -2.89. The number of aliphatic hydroxyl groups excluding tert-OH is 1. The van der Waals surface area contributed by atoms with Crippen LogP contribution in [-0.4, -0.2) is 15.9 Å². The quantitative estimate of drug-likeness (QED) is 0.0943. The minimum absolute atomic E-state index is 0. The molecule has 255 valence electrons. The molecule has 0 saturated carbocycles. The Kier molecular flexibility index (Phi) is 11.8.